The summed E-state index contributed by atoms with van der Waals surface area (Å²) in [7, 11) is 0. The van der Waals surface area contributed by atoms with Crippen molar-refractivity contribution in [1.29, 1.82) is 0 Å². The molecule has 0 unspecified atom stereocenters. The summed E-state index contributed by atoms with van der Waals surface area (Å²) in [4.78, 5) is 14.7. The number of ether oxygens (including phenoxy) is 1. The van der Waals surface area contributed by atoms with E-state index in [9.17, 15) is 4.79 Å². The first-order chi connectivity index (χ1) is 10.2. The summed E-state index contributed by atoms with van der Waals surface area (Å²) in [6.45, 7) is 1.26. The summed E-state index contributed by atoms with van der Waals surface area (Å²) in [6.07, 6.45) is 0.803. The highest BCUT2D eigenvalue weighted by molar-refractivity contribution is 14.1. The normalized spacial score (nSPS) is 14.1. The van der Waals surface area contributed by atoms with Gasteiger partial charge < -0.3 is 9.64 Å². The second-order valence-corrected chi connectivity index (χ2v) is 6.35. The van der Waals surface area contributed by atoms with E-state index in [-0.39, 0.29) is 5.91 Å². The Morgan fingerprint density at radius 1 is 1.24 bits per heavy atom. The van der Waals surface area contributed by atoms with Crippen molar-refractivity contribution in [3.05, 3.63) is 56.6 Å². The van der Waals surface area contributed by atoms with E-state index in [1.165, 1.54) is 0 Å². The Kier molecular flexibility index (Phi) is 4.35. The molecule has 21 heavy (non-hydrogen) atoms. The Hall–Kier alpha value is -1.27. The summed E-state index contributed by atoms with van der Waals surface area (Å²) in [5.74, 6) is 0.709. The number of hydrogen-bond donors (Lipinski definition) is 0. The highest BCUT2D eigenvalue weighted by Gasteiger charge is 2.24. The van der Waals surface area contributed by atoms with Gasteiger partial charge in [0.05, 0.1) is 17.9 Å². The zero-order valence-corrected chi connectivity index (χ0v) is 14.1. The molecule has 108 valence electrons. The third-order valence-corrected chi connectivity index (χ3v) is 4.52. The van der Waals surface area contributed by atoms with Crippen LogP contribution in [-0.4, -0.2) is 19.1 Å². The van der Waals surface area contributed by atoms with E-state index in [4.69, 9.17) is 16.3 Å². The molecule has 1 aliphatic rings. The molecule has 2 aromatic carbocycles. The maximum atomic E-state index is 12.9. The van der Waals surface area contributed by atoms with Gasteiger partial charge in [0.25, 0.3) is 5.91 Å². The Balaban J connectivity index is 2.03. The maximum absolute atomic E-state index is 12.9. The molecule has 3 nitrogen and oxygen atoms in total. The van der Waals surface area contributed by atoms with Crippen molar-refractivity contribution in [2.75, 3.05) is 18.1 Å². The van der Waals surface area contributed by atoms with Crippen LogP contribution in [0.1, 0.15) is 16.8 Å². The SMILES string of the molecule is O=C(c1cc(Cl)ccc1I)N1CCCOc2ccccc21. The van der Waals surface area contributed by atoms with Crippen LogP contribution in [0.2, 0.25) is 5.02 Å². The van der Waals surface area contributed by atoms with Crippen molar-refractivity contribution in [2.45, 2.75) is 6.42 Å². The molecule has 0 spiro atoms. The van der Waals surface area contributed by atoms with Crippen LogP contribution in [0.25, 0.3) is 0 Å². The lowest BCUT2D eigenvalue weighted by Crippen LogP contribution is -2.32. The molecular weight excluding hydrogens is 401 g/mol. The molecule has 0 atom stereocenters. The van der Waals surface area contributed by atoms with E-state index in [0.717, 1.165) is 21.4 Å². The average Bonchev–Trinajstić information content (AvgIpc) is 2.71. The minimum absolute atomic E-state index is 0.0418. The molecule has 1 amide bonds. The van der Waals surface area contributed by atoms with E-state index in [2.05, 4.69) is 22.6 Å². The number of halogens is 2. The van der Waals surface area contributed by atoms with Crippen molar-refractivity contribution in [3.8, 4) is 5.75 Å². The first kappa shape index (κ1) is 14.7. The number of para-hydroxylation sites is 2. The van der Waals surface area contributed by atoms with Gasteiger partial charge in [0.2, 0.25) is 0 Å². The predicted octanol–water partition coefficient (Wildman–Crippen LogP) is 4.37. The van der Waals surface area contributed by atoms with Gasteiger partial charge in [-0.3, -0.25) is 4.79 Å². The first-order valence-electron chi connectivity index (χ1n) is 6.65. The molecule has 0 radical (unpaired) electrons. The van der Waals surface area contributed by atoms with Gasteiger partial charge >= 0.3 is 0 Å². The van der Waals surface area contributed by atoms with Crippen LogP contribution in [0.4, 0.5) is 5.69 Å². The summed E-state index contributed by atoms with van der Waals surface area (Å²) in [5.41, 5.74) is 1.44. The Morgan fingerprint density at radius 2 is 2.05 bits per heavy atom. The van der Waals surface area contributed by atoms with Crippen molar-refractivity contribution < 1.29 is 9.53 Å². The summed E-state index contributed by atoms with van der Waals surface area (Å²) in [6, 6.07) is 13.0. The minimum atomic E-state index is -0.0418. The zero-order chi connectivity index (χ0) is 14.8. The van der Waals surface area contributed by atoms with Crippen LogP contribution < -0.4 is 9.64 Å². The highest BCUT2D eigenvalue weighted by atomic mass is 127. The number of carbonyl (C=O) groups excluding carboxylic acids is 1. The number of carbonyl (C=O) groups is 1. The third kappa shape index (κ3) is 3.01. The fourth-order valence-electron chi connectivity index (χ4n) is 2.35. The van der Waals surface area contributed by atoms with E-state index in [1.54, 1.807) is 17.0 Å². The number of nitrogens with zero attached hydrogens (tertiary/aromatic N) is 1. The molecule has 0 bridgehead atoms. The van der Waals surface area contributed by atoms with Crippen LogP contribution in [0.3, 0.4) is 0 Å². The number of anilines is 1. The van der Waals surface area contributed by atoms with Crippen molar-refractivity contribution >= 4 is 45.8 Å². The standard InChI is InChI=1S/C16H13ClINO2/c17-11-6-7-13(18)12(10-11)16(20)19-8-3-9-21-15-5-2-1-4-14(15)19/h1-2,4-7,10H,3,8-9H2. The van der Waals surface area contributed by atoms with Gasteiger partial charge in [-0.05, 0) is 59.3 Å². The number of rotatable bonds is 1. The van der Waals surface area contributed by atoms with Crippen LogP contribution in [0.5, 0.6) is 5.75 Å². The van der Waals surface area contributed by atoms with Crippen LogP contribution in [0.15, 0.2) is 42.5 Å². The third-order valence-electron chi connectivity index (χ3n) is 3.34. The van der Waals surface area contributed by atoms with Gasteiger partial charge in [0.15, 0.2) is 0 Å². The molecular formula is C16H13ClINO2. The number of amides is 1. The Morgan fingerprint density at radius 3 is 2.90 bits per heavy atom. The van der Waals surface area contributed by atoms with Crippen molar-refractivity contribution in [2.24, 2.45) is 0 Å². The second kappa shape index (κ2) is 6.23. The van der Waals surface area contributed by atoms with Gasteiger partial charge in [0.1, 0.15) is 5.75 Å². The fourth-order valence-corrected chi connectivity index (χ4v) is 3.08. The highest BCUT2D eigenvalue weighted by Crippen LogP contribution is 2.32. The van der Waals surface area contributed by atoms with E-state index >= 15 is 0 Å². The molecule has 2 aromatic rings. The topological polar surface area (TPSA) is 29.5 Å². The maximum Gasteiger partial charge on any atom is 0.259 e. The monoisotopic (exact) mass is 413 g/mol. The first-order valence-corrected chi connectivity index (χ1v) is 8.11. The van der Waals surface area contributed by atoms with E-state index in [0.29, 0.717) is 23.7 Å². The van der Waals surface area contributed by atoms with Gasteiger partial charge in [-0.2, -0.15) is 0 Å². The van der Waals surface area contributed by atoms with Crippen molar-refractivity contribution in [1.82, 2.24) is 0 Å². The summed E-state index contributed by atoms with van der Waals surface area (Å²) >= 11 is 8.19. The lowest BCUT2D eigenvalue weighted by molar-refractivity contribution is 0.0986. The van der Waals surface area contributed by atoms with Crippen molar-refractivity contribution in [3.63, 3.8) is 0 Å². The smallest absolute Gasteiger partial charge is 0.259 e. The number of hydrogen-bond acceptors (Lipinski definition) is 2. The van der Waals surface area contributed by atoms with Gasteiger partial charge in [-0.1, -0.05) is 23.7 Å². The zero-order valence-electron chi connectivity index (χ0n) is 11.2. The van der Waals surface area contributed by atoms with Crippen LogP contribution in [-0.2, 0) is 0 Å². The molecule has 3 rings (SSSR count). The van der Waals surface area contributed by atoms with Gasteiger partial charge in [-0.25, -0.2) is 0 Å². The summed E-state index contributed by atoms with van der Waals surface area (Å²) in [5, 5.41) is 0.568. The van der Waals surface area contributed by atoms with Gasteiger partial charge in [0, 0.05) is 15.1 Å². The molecule has 1 aliphatic heterocycles. The average molecular weight is 414 g/mol. The molecule has 5 heteroatoms. The van der Waals surface area contributed by atoms with E-state index < -0.39 is 0 Å². The van der Waals surface area contributed by atoms with Gasteiger partial charge in [-0.15, -0.1) is 0 Å². The van der Waals surface area contributed by atoms with E-state index in [1.807, 2.05) is 30.3 Å². The molecule has 0 N–H and O–H groups in total. The molecule has 0 aromatic heterocycles. The quantitative estimate of drug-likeness (QED) is 0.650. The molecule has 0 aliphatic carbocycles. The molecule has 0 saturated carbocycles. The molecule has 1 heterocycles. The number of fused-ring (bicyclic) bond motifs is 1. The Labute approximate surface area is 142 Å². The number of benzene rings is 2. The lowest BCUT2D eigenvalue weighted by Gasteiger charge is -2.22. The molecule has 0 saturated heterocycles. The largest absolute Gasteiger partial charge is 0.491 e. The fraction of sp³-hybridized carbons (Fsp3) is 0.188. The predicted molar refractivity (Wildman–Crippen MR) is 92.4 cm³/mol. The van der Waals surface area contributed by atoms with Crippen LogP contribution in [0, 0.1) is 3.57 Å². The second-order valence-electron chi connectivity index (χ2n) is 4.75. The lowest BCUT2D eigenvalue weighted by atomic mass is 10.1. The van der Waals surface area contributed by atoms with Crippen LogP contribution >= 0.6 is 34.2 Å². The summed E-state index contributed by atoms with van der Waals surface area (Å²) < 4.78 is 6.59. The Bertz CT molecular complexity index is 690. The molecule has 0 fully saturated rings. The minimum Gasteiger partial charge on any atom is -0.491 e.